The van der Waals surface area contributed by atoms with Crippen molar-refractivity contribution in [2.45, 2.75) is 245 Å². The van der Waals surface area contributed by atoms with Crippen molar-refractivity contribution in [2.75, 3.05) is 13.2 Å². The molecule has 430 valence electrons. The third kappa shape index (κ3) is 61.5. The summed E-state index contributed by atoms with van der Waals surface area (Å²) in [5.74, 6) is -0.979. The van der Waals surface area contributed by atoms with Gasteiger partial charge in [0.2, 0.25) is 0 Å². The average Bonchev–Trinajstić information content (AvgIpc) is 3.43. The lowest BCUT2D eigenvalue weighted by Crippen LogP contribution is -2.30. The lowest BCUT2D eigenvalue weighted by molar-refractivity contribution is -0.167. The summed E-state index contributed by atoms with van der Waals surface area (Å²) < 4.78 is 16.9. The number of esters is 3. The normalized spacial score (nSPS) is 13.3. The number of carbonyl (C=O) groups excluding carboxylic acids is 3. The largest absolute Gasteiger partial charge is 0.462 e. The molecule has 0 radical (unpaired) electrons. The van der Waals surface area contributed by atoms with Gasteiger partial charge in [0.05, 0.1) is 0 Å². The fourth-order valence-electron chi connectivity index (χ4n) is 7.72. The Morgan fingerprint density at radius 1 is 0.260 bits per heavy atom. The van der Waals surface area contributed by atoms with Crippen molar-refractivity contribution in [2.24, 2.45) is 0 Å². The summed E-state index contributed by atoms with van der Waals surface area (Å²) in [4.78, 5) is 38.3. The van der Waals surface area contributed by atoms with Crippen LogP contribution in [0.5, 0.6) is 0 Å². The Labute approximate surface area is 472 Å². The summed E-state index contributed by atoms with van der Waals surface area (Å²) in [6.45, 7) is 6.24. The van der Waals surface area contributed by atoms with Crippen LogP contribution in [0.15, 0.2) is 170 Å². The van der Waals surface area contributed by atoms with Crippen LogP contribution in [0.3, 0.4) is 0 Å². The minimum absolute atomic E-state index is 0.112. The predicted octanol–water partition coefficient (Wildman–Crippen LogP) is 21.1. The molecular formula is C71H110O6. The fourth-order valence-corrected chi connectivity index (χ4v) is 7.72. The van der Waals surface area contributed by atoms with Gasteiger partial charge in [-0.15, -0.1) is 0 Å². The van der Waals surface area contributed by atoms with E-state index in [0.29, 0.717) is 12.8 Å². The quantitative estimate of drug-likeness (QED) is 0.0261. The highest BCUT2D eigenvalue weighted by Gasteiger charge is 2.19. The highest BCUT2D eigenvalue weighted by Crippen LogP contribution is 2.13. The van der Waals surface area contributed by atoms with Gasteiger partial charge in [-0.25, -0.2) is 0 Å². The molecule has 0 aliphatic rings. The van der Waals surface area contributed by atoms with Crippen LogP contribution in [-0.2, 0) is 28.6 Å². The van der Waals surface area contributed by atoms with E-state index in [4.69, 9.17) is 14.2 Å². The first-order valence-electron chi connectivity index (χ1n) is 30.6. The molecule has 0 saturated carbocycles. The van der Waals surface area contributed by atoms with Crippen molar-refractivity contribution in [3.8, 4) is 0 Å². The van der Waals surface area contributed by atoms with Gasteiger partial charge in [-0.3, -0.25) is 14.4 Å². The summed E-state index contributed by atoms with van der Waals surface area (Å²) in [5, 5.41) is 0. The first kappa shape index (κ1) is 71.8. The molecule has 6 nitrogen and oxygen atoms in total. The second-order valence-corrected chi connectivity index (χ2v) is 19.5. The van der Waals surface area contributed by atoms with E-state index < -0.39 is 6.10 Å². The molecule has 0 bridgehead atoms. The number of allylic oxidation sites excluding steroid dienone is 28. The van der Waals surface area contributed by atoms with E-state index >= 15 is 0 Å². The van der Waals surface area contributed by atoms with Gasteiger partial charge in [0.1, 0.15) is 13.2 Å². The lowest BCUT2D eigenvalue weighted by atomic mass is 10.1. The van der Waals surface area contributed by atoms with Crippen LogP contribution in [0.1, 0.15) is 239 Å². The third-order valence-electron chi connectivity index (χ3n) is 12.2. The van der Waals surface area contributed by atoms with Crippen LogP contribution >= 0.6 is 0 Å². The van der Waals surface area contributed by atoms with Crippen molar-refractivity contribution >= 4 is 17.9 Å². The molecule has 0 aromatic carbocycles. The summed E-state index contributed by atoms with van der Waals surface area (Å²) in [5.41, 5.74) is 0. The van der Waals surface area contributed by atoms with Crippen LogP contribution in [0.4, 0.5) is 0 Å². The molecule has 0 aliphatic carbocycles. The van der Waals surface area contributed by atoms with Gasteiger partial charge in [0, 0.05) is 19.3 Å². The van der Waals surface area contributed by atoms with Gasteiger partial charge in [-0.05, 0) is 148 Å². The summed E-state index contributed by atoms with van der Waals surface area (Å²) in [6.07, 6.45) is 93.4. The first-order valence-corrected chi connectivity index (χ1v) is 30.6. The first-order chi connectivity index (χ1) is 38.0. The molecule has 77 heavy (non-hydrogen) atoms. The Kier molecular flexibility index (Phi) is 59.0. The lowest BCUT2D eigenvalue weighted by Gasteiger charge is -2.18. The Morgan fingerprint density at radius 3 is 0.727 bits per heavy atom. The zero-order chi connectivity index (χ0) is 55.7. The van der Waals surface area contributed by atoms with Crippen LogP contribution in [0.2, 0.25) is 0 Å². The third-order valence-corrected chi connectivity index (χ3v) is 12.2. The molecule has 0 aromatic rings. The van der Waals surface area contributed by atoms with Gasteiger partial charge >= 0.3 is 17.9 Å². The van der Waals surface area contributed by atoms with Crippen LogP contribution in [0, 0.1) is 0 Å². The molecule has 0 heterocycles. The van der Waals surface area contributed by atoms with E-state index in [1.165, 1.54) is 0 Å². The smallest absolute Gasteiger partial charge is 0.306 e. The molecule has 0 saturated heterocycles. The molecule has 1 atom stereocenters. The molecule has 0 N–H and O–H groups in total. The predicted molar refractivity (Wildman–Crippen MR) is 334 cm³/mol. The van der Waals surface area contributed by atoms with Gasteiger partial charge in [-0.1, -0.05) is 242 Å². The zero-order valence-corrected chi connectivity index (χ0v) is 49.1. The van der Waals surface area contributed by atoms with E-state index in [2.05, 4.69) is 191 Å². The van der Waals surface area contributed by atoms with Gasteiger partial charge in [-0.2, -0.15) is 0 Å². The number of hydrogen-bond acceptors (Lipinski definition) is 6. The standard InChI is InChI=1S/C71H110O6/c1-4-7-10-13-16-19-22-25-28-30-32-34-35-37-38-40-43-46-49-52-55-58-61-64-70(73)76-67-68(66-75-69(72)63-60-57-54-51-48-45-42-27-24-21-18-15-12-9-6-3)77-71(74)65-62-59-56-53-50-47-44-41-39-36-33-31-29-26-23-20-17-14-11-8-5-2/h7-12,16-21,25-29,32-34,36-38,41-44,46,68H,4-6,13-15,22-24,30-31,35,39-40,45,47-67H2,1-3H3/b10-7-,11-8-,12-9-,19-16-,20-17-,21-18-,28-25-,29-26-,34-32-,36-33-,38-37-,42-27-,44-41-,46-43-. The monoisotopic (exact) mass is 1060 g/mol. The van der Waals surface area contributed by atoms with Gasteiger partial charge in [0.15, 0.2) is 6.10 Å². The molecule has 0 fully saturated rings. The highest BCUT2D eigenvalue weighted by molar-refractivity contribution is 5.71. The number of rotatable bonds is 53. The maximum Gasteiger partial charge on any atom is 0.306 e. The molecule has 6 heteroatoms. The van der Waals surface area contributed by atoms with E-state index in [1.807, 2.05) is 0 Å². The van der Waals surface area contributed by atoms with Crippen molar-refractivity contribution < 1.29 is 28.6 Å². The molecule has 0 spiro atoms. The van der Waals surface area contributed by atoms with Crippen molar-refractivity contribution in [3.05, 3.63) is 170 Å². The van der Waals surface area contributed by atoms with Gasteiger partial charge < -0.3 is 14.2 Å². The minimum atomic E-state index is -0.818. The highest BCUT2D eigenvalue weighted by atomic mass is 16.6. The summed E-state index contributed by atoms with van der Waals surface area (Å²) in [6, 6.07) is 0. The Morgan fingerprint density at radius 2 is 0.468 bits per heavy atom. The topological polar surface area (TPSA) is 78.9 Å². The summed E-state index contributed by atoms with van der Waals surface area (Å²) >= 11 is 0. The zero-order valence-electron chi connectivity index (χ0n) is 49.1. The Hall–Kier alpha value is -5.23. The number of ether oxygens (including phenoxy) is 3. The van der Waals surface area contributed by atoms with E-state index in [9.17, 15) is 14.4 Å². The molecule has 0 rings (SSSR count). The molecule has 0 aromatic heterocycles. The molecule has 1 unspecified atom stereocenters. The average molecular weight is 1060 g/mol. The second-order valence-electron chi connectivity index (χ2n) is 19.5. The van der Waals surface area contributed by atoms with Crippen LogP contribution in [-0.4, -0.2) is 37.2 Å². The maximum atomic E-state index is 12.9. The molecule has 0 aliphatic heterocycles. The van der Waals surface area contributed by atoms with Crippen molar-refractivity contribution in [1.82, 2.24) is 0 Å². The van der Waals surface area contributed by atoms with E-state index in [0.717, 1.165) is 199 Å². The maximum absolute atomic E-state index is 12.9. The van der Waals surface area contributed by atoms with Crippen LogP contribution in [0.25, 0.3) is 0 Å². The second kappa shape index (κ2) is 63.3. The fraction of sp³-hybridized carbons (Fsp3) is 0.563. The number of unbranched alkanes of at least 4 members (excludes halogenated alkanes) is 14. The molecule has 0 amide bonds. The van der Waals surface area contributed by atoms with E-state index in [1.54, 1.807) is 0 Å². The van der Waals surface area contributed by atoms with Gasteiger partial charge in [0.25, 0.3) is 0 Å². The SMILES string of the molecule is CC/C=C\C/C=C\C/C=C\C/C=C\C/C=C\C/C=C\CCCCCCC(=O)OCC(COC(=O)CCCCCCC/C=C\C/C=C\C/C=C\CC)OC(=O)CCCCCCC/C=C\C/C=C\C/C=C\C/C=C\C/C=C\CC. The Bertz CT molecular complexity index is 1790. The summed E-state index contributed by atoms with van der Waals surface area (Å²) in [7, 11) is 0. The van der Waals surface area contributed by atoms with Crippen molar-refractivity contribution in [3.63, 3.8) is 0 Å². The number of carbonyl (C=O) groups is 3. The van der Waals surface area contributed by atoms with E-state index in [-0.39, 0.29) is 37.5 Å². The number of hydrogen-bond donors (Lipinski definition) is 0. The van der Waals surface area contributed by atoms with Crippen LogP contribution < -0.4 is 0 Å². The minimum Gasteiger partial charge on any atom is -0.462 e. The van der Waals surface area contributed by atoms with Crippen molar-refractivity contribution in [1.29, 1.82) is 0 Å². The molecular weight excluding hydrogens is 949 g/mol. The Balaban J connectivity index is 4.53.